The van der Waals surface area contributed by atoms with E-state index in [0.29, 0.717) is 0 Å². The van der Waals surface area contributed by atoms with Gasteiger partial charge in [0.25, 0.3) is 0 Å². The summed E-state index contributed by atoms with van der Waals surface area (Å²) >= 11 is 6.43. The Labute approximate surface area is 91.6 Å². The Hall–Kier alpha value is -0.750. The first-order chi connectivity index (χ1) is 6.60. The number of hydrogen-bond acceptors (Lipinski definition) is 0. The van der Waals surface area contributed by atoms with Crippen LogP contribution in [0.2, 0.25) is 0 Å². The summed E-state index contributed by atoms with van der Waals surface area (Å²) in [4.78, 5) is -0.228. The second-order valence-electron chi connectivity index (χ2n) is 3.77. The summed E-state index contributed by atoms with van der Waals surface area (Å²) in [7, 11) is 0. The SMILES string of the molecule is C=Cc1ccc(C(C)(Cl)CCC)cc1. The highest BCUT2D eigenvalue weighted by molar-refractivity contribution is 6.23. The van der Waals surface area contributed by atoms with Gasteiger partial charge in [-0.1, -0.05) is 50.3 Å². The van der Waals surface area contributed by atoms with Crippen LogP contribution in [0.15, 0.2) is 30.8 Å². The first-order valence-corrected chi connectivity index (χ1v) is 5.40. The van der Waals surface area contributed by atoms with Gasteiger partial charge < -0.3 is 0 Å². The van der Waals surface area contributed by atoms with E-state index in [-0.39, 0.29) is 4.87 Å². The van der Waals surface area contributed by atoms with Gasteiger partial charge in [-0.3, -0.25) is 0 Å². The molecule has 0 bridgehead atoms. The molecule has 0 saturated heterocycles. The van der Waals surface area contributed by atoms with Crippen LogP contribution in [0.1, 0.15) is 37.8 Å². The maximum absolute atomic E-state index is 6.43. The second kappa shape index (κ2) is 4.65. The second-order valence-corrected chi connectivity index (χ2v) is 4.61. The zero-order valence-corrected chi connectivity index (χ0v) is 9.64. The first kappa shape index (κ1) is 11.3. The Morgan fingerprint density at radius 1 is 1.36 bits per heavy atom. The predicted octanol–water partition coefficient (Wildman–Crippen LogP) is 4.58. The molecule has 0 radical (unpaired) electrons. The van der Waals surface area contributed by atoms with E-state index in [9.17, 15) is 0 Å². The number of halogens is 1. The van der Waals surface area contributed by atoms with Crippen molar-refractivity contribution in [3.05, 3.63) is 42.0 Å². The van der Waals surface area contributed by atoms with Crippen molar-refractivity contribution in [1.29, 1.82) is 0 Å². The lowest BCUT2D eigenvalue weighted by Crippen LogP contribution is -2.12. The molecule has 0 nitrogen and oxygen atoms in total. The summed E-state index contributed by atoms with van der Waals surface area (Å²) in [5, 5.41) is 0. The van der Waals surface area contributed by atoms with Crippen molar-refractivity contribution in [2.24, 2.45) is 0 Å². The van der Waals surface area contributed by atoms with E-state index in [0.717, 1.165) is 18.4 Å². The molecular weight excluding hydrogens is 192 g/mol. The first-order valence-electron chi connectivity index (χ1n) is 5.02. The fourth-order valence-corrected chi connectivity index (χ4v) is 1.90. The molecule has 14 heavy (non-hydrogen) atoms. The molecule has 0 fully saturated rings. The molecule has 0 aliphatic heterocycles. The van der Waals surface area contributed by atoms with Crippen LogP contribution in [0, 0.1) is 0 Å². The average Bonchev–Trinajstić information content (AvgIpc) is 2.18. The molecule has 76 valence electrons. The molecule has 1 rings (SSSR count). The third-order valence-electron chi connectivity index (χ3n) is 2.47. The molecule has 0 aliphatic rings. The van der Waals surface area contributed by atoms with Crippen molar-refractivity contribution in [2.75, 3.05) is 0 Å². The van der Waals surface area contributed by atoms with Crippen LogP contribution in [0.3, 0.4) is 0 Å². The van der Waals surface area contributed by atoms with Crippen molar-refractivity contribution in [3.8, 4) is 0 Å². The van der Waals surface area contributed by atoms with Gasteiger partial charge >= 0.3 is 0 Å². The highest BCUT2D eigenvalue weighted by atomic mass is 35.5. The zero-order valence-electron chi connectivity index (χ0n) is 8.89. The fraction of sp³-hybridized carbons (Fsp3) is 0.385. The fourth-order valence-electron chi connectivity index (χ4n) is 1.58. The predicted molar refractivity (Wildman–Crippen MR) is 64.6 cm³/mol. The molecular formula is C13H17Cl. The van der Waals surface area contributed by atoms with Gasteiger partial charge in [0.05, 0.1) is 4.87 Å². The molecule has 1 unspecified atom stereocenters. The van der Waals surface area contributed by atoms with Gasteiger partial charge in [0.1, 0.15) is 0 Å². The van der Waals surface area contributed by atoms with Crippen molar-refractivity contribution in [1.82, 2.24) is 0 Å². The van der Waals surface area contributed by atoms with E-state index in [1.807, 2.05) is 6.08 Å². The Kier molecular flexibility index (Phi) is 3.77. The van der Waals surface area contributed by atoms with Crippen molar-refractivity contribution in [2.45, 2.75) is 31.6 Å². The van der Waals surface area contributed by atoms with Crippen molar-refractivity contribution in [3.63, 3.8) is 0 Å². The minimum atomic E-state index is -0.228. The highest BCUT2D eigenvalue weighted by Gasteiger charge is 2.21. The lowest BCUT2D eigenvalue weighted by molar-refractivity contribution is 0.597. The quantitative estimate of drug-likeness (QED) is 0.636. The molecule has 0 aliphatic carbocycles. The van der Waals surface area contributed by atoms with E-state index < -0.39 is 0 Å². The summed E-state index contributed by atoms with van der Waals surface area (Å²) in [6.45, 7) is 7.95. The number of hydrogen-bond donors (Lipinski definition) is 0. The zero-order chi connectivity index (χ0) is 10.6. The maximum atomic E-state index is 6.43. The minimum Gasteiger partial charge on any atom is -0.114 e. The van der Waals surface area contributed by atoms with Gasteiger partial charge in [-0.15, -0.1) is 11.6 Å². The number of alkyl halides is 1. The Balaban J connectivity index is 2.90. The van der Waals surface area contributed by atoms with Crippen molar-refractivity contribution >= 4 is 17.7 Å². The van der Waals surface area contributed by atoms with Gasteiger partial charge in [0, 0.05) is 0 Å². The maximum Gasteiger partial charge on any atom is 0.0666 e. The van der Waals surface area contributed by atoms with E-state index in [4.69, 9.17) is 11.6 Å². The van der Waals surface area contributed by atoms with Gasteiger partial charge in [-0.25, -0.2) is 0 Å². The molecule has 1 aromatic rings. The smallest absolute Gasteiger partial charge is 0.0666 e. The van der Waals surface area contributed by atoms with Gasteiger partial charge in [-0.2, -0.15) is 0 Å². The molecule has 0 aromatic heterocycles. The molecule has 0 spiro atoms. The van der Waals surface area contributed by atoms with Gasteiger partial charge in [0.15, 0.2) is 0 Å². The standard InChI is InChI=1S/C13H17Cl/c1-4-10-13(3,14)12-8-6-11(5-2)7-9-12/h5-9H,2,4,10H2,1,3H3. The van der Waals surface area contributed by atoms with Crippen LogP contribution in [0.25, 0.3) is 6.08 Å². The van der Waals surface area contributed by atoms with Crippen LogP contribution in [0.4, 0.5) is 0 Å². The lowest BCUT2D eigenvalue weighted by atomic mass is 9.95. The third kappa shape index (κ3) is 2.62. The van der Waals surface area contributed by atoms with Crippen molar-refractivity contribution < 1.29 is 0 Å². The Morgan fingerprint density at radius 3 is 2.36 bits per heavy atom. The third-order valence-corrected chi connectivity index (χ3v) is 2.87. The van der Waals surface area contributed by atoms with Gasteiger partial charge in [0.2, 0.25) is 0 Å². The van der Waals surface area contributed by atoms with Crippen LogP contribution in [0.5, 0.6) is 0 Å². The summed E-state index contributed by atoms with van der Waals surface area (Å²) in [5.41, 5.74) is 2.32. The van der Waals surface area contributed by atoms with Crippen LogP contribution in [-0.4, -0.2) is 0 Å². The molecule has 0 N–H and O–H groups in total. The van der Waals surface area contributed by atoms with Gasteiger partial charge in [-0.05, 0) is 24.5 Å². The number of benzene rings is 1. The van der Waals surface area contributed by atoms with Crippen LogP contribution >= 0.6 is 11.6 Å². The minimum absolute atomic E-state index is 0.228. The van der Waals surface area contributed by atoms with E-state index in [1.54, 1.807) is 0 Å². The topological polar surface area (TPSA) is 0 Å². The molecule has 0 saturated carbocycles. The Bertz CT molecular complexity index is 296. The summed E-state index contributed by atoms with van der Waals surface area (Å²) in [6.07, 6.45) is 3.94. The monoisotopic (exact) mass is 208 g/mol. The number of rotatable bonds is 4. The largest absolute Gasteiger partial charge is 0.114 e. The van der Waals surface area contributed by atoms with Crippen LogP contribution in [-0.2, 0) is 4.87 Å². The van der Waals surface area contributed by atoms with E-state index in [2.05, 4.69) is 44.7 Å². The molecule has 1 atom stereocenters. The van der Waals surface area contributed by atoms with E-state index >= 15 is 0 Å². The lowest BCUT2D eigenvalue weighted by Gasteiger charge is -2.21. The summed E-state index contributed by atoms with van der Waals surface area (Å²) in [5.74, 6) is 0. The molecule has 1 aromatic carbocycles. The van der Waals surface area contributed by atoms with E-state index in [1.165, 1.54) is 5.56 Å². The normalized spacial score (nSPS) is 14.8. The molecule has 0 heterocycles. The summed E-state index contributed by atoms with van der Waals surface area (Å²) in [6, 6.07) is 8.27. The molecule has 1 heteroatoms. The average molecular weight is 209 g/mol. The molecule has 0 amide bonds. The Morgan fingerprint density at radius 2 is 1.93 bits per heavy atom. The highest BCUT2D eigenvalue weighted by Crippen LogP contribution is 2.33. The summed E-state index contributed by atoms with van der Waals surface area (Å²) < 4.78 is 0. The van der Waals surface area contributed by atoms with Crippen LogP contribution < -0.4 is 0 Å².